The number of hydrogen-bond donors (Lipinski definition) is 3. The van der Waals surface area contributed by atoms with Crippen molar-refractivity contribution in [1.29, 1.82) is 0 Å². The third-order valence-corrected chi connectivity index (χ3v) is 2.18. The Kier molecular flexibility index (Phi) is 28.8. The Balaban J connectivity index is -0.000000150. The smallest absolute Gasteiger partial charge is 0.726 e. The SMILES string of the molecule is CC(C)O.CCCCCCCCOS(=O)(=O)[O-].NC(N)=O.[Na+]. The summed E-state index contributed by atoms with van der Waals surface area (Å²) in [5.74, 6) is 0. The van der Waals surface area contributed by atoms with Crippen LogP contribution in [-0.2, 0) is 14.6 Å². The zero-order valence-electron chi connectivity index (χ0n) is 14.1. The minimum Gasteiger partial charge on any atom is -0.726 e. The second kappa shape index (κ2) is 21.1. The Hall–Kier alpha value is 0.1000. The largest absolute Gasteiger partial charge is 1.00 e. The molecule has 0 radical (unpaired) electrons. The number of rotatable bonds is 8. The summed E-state index contributed by atoms with van der Waals surface area (Å²) in [5.41, 5.74) is 8.50. The molecule has 0 rings (SSSR count). The van der Waals surface area contributed by atoms with Gasteiger partial charge in [0.15, 0.2) is 0 Å². The van der Waals surface area contributed by atoms with Gasteiger partial charge in [-0.3, -0.25) is 4.18 Å². The summed E-state index contributed by atoms with van der Waals surface area (Å²) in [6.07, 6.45) is 6.05. The summed E-state index contributed by atoms with van der Waals surface area (Å²) in [6, 6.07) is -0.833. The molecule has 0 spiro atoms. The number of carbonyl (C=O) groups excluding carboxylic acids is 1. The molecule has 130 valence electrons. The number of amides is 2. The van der Waals surface area contributed by atoms with E-state index in [9.17, 15) is 13.0 Å². The molecule has 0 saturated carbocycles. The van der Waals surface area contributed by atoms with Crippen LogP contribution in [0.1, 0.15) is 59.3 Å². The van der Waals surface area contributed by atoms with Crippen molar-refractivity contribution in [2.45, 2.75) is 65.4 Å². The van der Waals surface area contributed by atoms with Gasteiger partial charge < -0.3 is 21.1 Å². The summed E-state index contributed by atoms with van der Waals surface area (Å²) in [6.45, 7) is 5.60. The summed E-state index contributed by atoms with van der Waals surface area (Å²) >= 11 is 0. The van der Waals surface area contributed by atoms with E-state index in [0.717, 1.165) is 12.8 Å². The molecule has 0 bridgehead atoms. The van der Waals surface area contributed by atoms with Crippen LogP contribution in [0.2, 0.25) is 0 Å². The Labute approximate surface area is 156 Å². The fourth-order valence-corrected chi connectivity index (χ4v) is 1.37. The summed E-state index contributed by atoms with van der Waals surface area (Å²) in [4.78, 5) is 9.00. The van der Waals surface area contributed by atoms with Crippen LogP contribution < -0.4 is 41.0 Å². The number of aliphatic hydroxyl groups excluding tert-OH is 1. The second-order valence-corrected chi connectivity index (χ2v) is 5.55. The molecule has 0 unspecified atom stereocenters. The maximum atomic E-state index is 9.99. The average Bonchev–Trinajstić information content (AvgIpc) is 2.25. The molecule has 8 nitrogen and oxygen atoms in total. The van der Waals surface area contributed by atoms with E-state index in [2.05, 4.69) is 22.6 Å². The average molecular weight is 352 g/mol. The van der Waals surface area contributed by atoms with E-state index in [-0.39, 0.29) is 42.3 Å². The molecule has 0 aromatic heterocycles. The quantitative estimate of drug-likeness (QED) is 0.203. The molecule has 10 heteroatoms. The van der Waals surface area contributed by atoms with Crippen LogP contribution in [0.15, 0.2) is 0 Å². The van der Waals surface area contributed by atoms with E-state index in [1.54, 1.807) is 13.8 Å². The van der Waals surface area contributed by atoms with Gasteiger partial charge in [-0.1, -0.05) is 39.0 Å². The Morgan fingerprint density at radius 3 is 1.77 bits per heavy atom. The third kappa shape index (κ3) is 71.9. The monoisotopic (exact) mass is 352 g/mol. The van der Waals surface area contributed by atoms with E-state index in [0.29, 0.717) is 6.42 Å². The fourth-order valence-electron chi connectivity index (χ4n) is 1.04. The van der Waals surface area contributed by atoms with Gasteiger partial charge >= 0.3 is 35.6 Å². The van der Waals surface area contributed by atoms with Crippen molar-refractivity contribution in [2.75, 3.05) is 6.61 Å². The predicted octanol–water partition coefficient (Wildman–Crippen LogP) is -1.76. The van der Waals surface area contributed by atoms with E-state index in [1.165, 1.54) is 19.3 Å². The number of carbonyl (C=O) groups is 1. The van der Waals surface area contributed by atoms with E-state index < -0.39 is 16.4 Å². The van der Waals surface area contributed by atoms with Gasteiger partial charge in [-0.15, -0.1) is 0 Å². The Morgan fingerprint density at radius 2 is 1.45 bits per heavy atom. The first-order valence-electron chi connectivity index (χ1n) is 6.86. The van der Waals surface area contributed by atoms with Crippen LogP contribution in [-0.4, -0.2) is 36.8 Å². The van der Waals surface area contributed by atoms with Gasteiger partial charge in [-0.05, 0) is 20.3 Å². The van der Waals surface area contributed by atoms with Gasteiger partial charge in [0.05, 0.1) is 6.61 Å². The van der Waals surface area contributed by atoms with Gasteiger partial charge in [-0.25, -0.2) is 13.2 Å². The van der Waals surface area contributed by atoms with Crippen LogP contribution >= 0.6 is 0 Å². The molecular weight excluding hydrogens is 323 g/mol. The molecule has 5 N–H and O–H groups in total. The molecule has 0 saturated heterocycles. The van der Waals surface area contributed by atoms with Crippen LogP contribution in [0, 0.1) is 0 Å². The second-order valence-electron chi connectivity index (χ2n) is 4.49. The normalized spacial score (nSPS) is 9.73. The van der Waals surface area contributed by atoms with Crippen molar-refractivity contribution in [3.63, 3.8) is 0 Å². The van der Waals surface area contributed by atoms with Gasteiger partial charge in [0.2, 0.25) is 10.4 Å². The molecule has 0 aliphatic carbocycles. The minimum absolute atomic E-state index is 0. The zero-order chi connectivity index (χ0) is 17.3. The maximum Gasteiger partial charge on any atom is 1.00 e. The molecule has 0 aliphatic rings. The van der Waals surface area contributed by atoms with Crippen molar-refractivity contribution < 1.29 is 56.6 Å². The first-order valence-corrected chi connectivity index (χ1v) is 8.19. The number of nitrogens with two attached hydrogens (primary N) is 2. The number of primary amides is 2. The van der Waals surface area contributed by atoms with E-state index >= 15 is 0 Å². The zero-order valence-corrected chi connectivity index (χ0v) is 16.9. The molecule has 0 heterocycles. The van der Waals surface area contributed by atoms with Gasteiger partial charge in [0, 0.05) is 6.10 Å². The first-order chi connectivity index (χ1) is 9.52. The Morgan fingerprint density at radius 1 is 1.14 bits per heavy atom. The van der Waals surface area contributed by atoms with Crippen LogP contribution in [0.25, 0.3) is 0 Å². The summed E-state index contributed by atoms with van der Waals surface area (Å²) < 4.78 is 34.0. The molecule has 0 aliphatic heterocycles. The van der Waals surface area contributed by atoms with Crippen LogP contribution in [0.3, 0.4) is 0 Å². The standard InChI is InChI=1S/C8H18O4S.C3H8O.CH4N2O.Na/c1-2-3-4-5-6-7-8-12-13(9,10)11;1-3(2)4;2-1(3)4;/h2-8H2,1H3,(H,9,10,11);3-4H,1-2H3;(H4,2,3,4);/q;;;+1/p-1. The van der Waals surface area contributed by atoms with Crippen molar-refractivity contribution in [2.24, 2.45) is 11.5 Å². The van der Waals surface area contributed by atoms with Gasteiger partial charge in [-0.2, -0.15) is 0 Å². The summed E-state index contributed by atoms with van der Waals surface area (Å²) in [5, 5.41) is 8.06. The molecule has 2 amide bonds. The molecule has 0 aromatic rings. The van der Waals surface area contributed by atoms with Crippen molar-refractivity contribution in [3.8, 4) is 0 Å². The number of hydrogen-bond acceptors (Lipinski definition) is 6. The summed E-state index contributed by atoms with van der Waals surface area (Å²) in [7, 11) is -4.47. The van der Waals surface area contributed by atoms with Crippen LogP contribution in [0.5, 0.6) is 0 Å². The molecule has 22 heavy (non-hydrogen) atoms. The number of aliphatic hydroxyl groups is 1. The van der Waals surface area contributed by atoms with E-state index in [4.69, 9.17) is 9.90 Å². The van der Waals surface area contributed by atoms with Crippen molar-refractivity contribution in [3.05, 3.63) is 0 Å². The molecule has 0 fully saturated rings. The van der Waals surface area contributed by atoms with Gasteiger partial charge in [0.25, 0.3) is 0 Å². The maximum absolute atomic E-state index is 9.99. The van der Waals surface area contributed by atoms with Crippen LogP contribution in [0.4, 0.5) is 4.79 Å². The predicted molar refractivity (Wildman–Crippen MR) is 80.2 cm³/mol. The Bertz CT molecular complexity index is 319. The fraction of sp³-hybridized carbons (Fsp3) is 0.917. The molecular formula is C12H29N2NaO6S. The molecule has 0 atom stereocenters. The van der Waals surface area contributed by atoms with Crippen molar-refractivity contribution in [1.82, 2.24) is 0 Å². The minimum atomic E-state index is -4.47. The number of urea groups is 1. The third-order valence-electron chi connectivity index (χ3n) is 1.73. The molecule has 0 aromatic carbocycles. The van der Waals surface area contributed by atoms with E-state index in [1.807, 2.05) is 0 Å². The van der Waals surface area contributed by atoms with Crippen molar-refractivity contribution >= 4 is 16.4 Å². The number of unbranched alkanes of at least 4 members (excludes halogenated alkanes) is 5. The van der Waals surface area contributed by atoms with Gasteiger partial charge in [0.1, 0.15) is 0 Å². The first kappa shape index (κ1) is 30.0. The topological polar surface area (TPSA) is 156 Å².